The smallest absolute Gasteiger partial charge is 0.409 e. The number of rotatable bonds is 3. The molecule has 0 heterocycles. The minimum absolute atomic E-state index is 0.0233. The van der Waals surface area contributed by atoms with Crippen LogP contribution < -0.4 is 0 Å². The maximum Gasteiger partial charge on any atom is 0.572 e. The molecule has 0 radical (unpaired) electrons. The Morgan fingerprint density at radius 3 is 2.62 bits per heavy atom. The lowest BCUT2D eigenvalue weighted by atomic mass is 9.89. The lowest BCUT2D eigenvalue weighted by Crippen LogP contribution is -2.22. The molecule has 0 aliphatic heterocycles. The maximum atomic E-state index is 12.0. The first-order valence-corrected chi connectivity index (χ1v) is 5.35. The van der Waals surface area contributed by atoms with Crippen molar-refractivity contribution in [2.24, 2.45) is 5.92 Å². The highest BCUT2D eigenvalue weighted by Crippen LogP contribution is 2.36. The zero-order valence-corrected chi connectivity index (χ0v) is 9.68. The highest BCUT2D eigenvalue weighted by atomic mass is 35.5. The summed E-state index contributed by atoms with van der Waals surface area (Å²) >= 11 is 10.3. The third-order valence-electron chi connectivity index (χ3n) is 2.25. The van der Waals surface area contributed by atoms with Crippen molar-refractivity contribution in [3.05, 3.63) is 10.8 Å². The van der Waals surface area contributed by atoms with Crippen LogP contribution in [0.4, 0.5) is 13.2 Å². The molecular formula is C9H9ClF3NOS. The van der Waals surface area contributed by atoms with Gasteiger partial charge < -0.3 is 10.1 Å². The topological polar surface area (TPSA) is 33.1 Å². The fourth-order valence-electron chi connectivity index (χ4n) is 1.48. The van der Waals surface area contributed by atoms with Crippen molar-refractivity contribution in [1.29, 1.82) is 5.41 Å². The number of hydrogen-bond acceptors (Lipinski definition) is 3. The zero-order chi connectivity index (χ0) is 12.3. The second-order valence-corrected chi connectivity index (χ2v) is 4.08. The van der Waals surface area contributed by atoms with Crippen LogP contribution >= 0.6 is 23.8 Å². The molecule has 0 spiro atoms. The molecule has 90 valence electrons. The summed E-state index contributed by atoms with van der Waals surface area (Å²) in [6.07, 6.45) is -4.05. The standard InChI is InChI=1S/C9H9ClF3NOS/c10-6-3-5(7(14)4-16)1-2-8(6)15-9(11,12)13/h4-5,14H,1-3H2. The van der Waals surface area contributed by atoms with E-state index in [2.05, 4.69) is 17.0 Å². The van der Waals surface area contributed by atoms with Crippen molar-refractivity contribution in [1.82, 2.24) is 0 Å². The molecule has 0 saturated heterocycles. The molecule has 1 aliphatic carbocycles. The van der Waals surface area contributed by atoms with E-state index in [1.54, 1.807) is 0 Å². The van der Waals surface area contributed by atoms with Gasteiger partial charge in [-0.3, -0.25) is 0 Å². The van der Waals surface area contributed by atoms with Crippen LogP contribution in [0.2, 0.25) is 0 Å². The molecule has 0 fully saturated rings. The van der Waals surface area contributed by atoms with Crippen LogP contribution in [-0.2, 0) is 4.74 Å². The third-order valence-corrected chi connectivity index (χ3v) is 2.87. The Labute approximate surface area is 101 Å². The summed E-state index contributed by atoms with van der Waals surface area (Å²) in [4.78, 5) is 0. The largest absolute Gasteiger partial charge is 0.572 e. The minimum Gasteiger partial charge on any atom is -0.409 e. The van der Waals surface area contributed by atoms with Crippen LogP contribution in [0.5, 0.6) is 0 Å². The van der Waals surface area contributed by atoms with Crippen molar-refractivity contribution >= 4 is 34.9 Å². The average Bonchev–Trinajstić information content (AvgIpc) is 2.18. The van der Waals surface area contributed by atoms with Crippen LogP contribution in [0, 0.1) is 11.3 Å². The monoisotopic (exact) mass is 271 g/mol. The van der Waals surface area contributed by atoms with Crippen LogP contribution in [0.15, 0.2) is 10.8 Å². The fraction of sp³-hybridized carbons (Fsp3) is 0.556. The van der Waals surface area contributed by atoms with Gasteiger partial charge in [0.25, 0.3) is 0 Å². The van der Waals surface area contributed by atoms with Gasteiger partial charge in [-0.15, -0.1) is 13.2 Å². The van der Waals surface area contributed by atoms with Crippen molar-refractivity contribution in [3.63, 3.8) is 0 Å². The Morgan fingerprint density at radius 2 is 2.19 bits per heavy atom. The van der Waals surface area contributed by atoms with E-state index in [9.17, 15) is 13.2 Å². The summed E-state index contributed by atoms with van der Waals surface area (Å²) < 4.78 is 39.7. The molecule has 7 heteroatoms. The summed E-state index contributed by atoms with van der Waals surface area (Å²) in [5.41, 5.74) is 0.221. The van der Waals surface area contributed by atoms with Gasteiger partial charge in [-0.1, -0.05) is 23.8 Å². The van der Waals surface area contributed by atoms with Gasteiger partial charge >= 0.3 is 6.36 Å². The van der Waals surface area contributed by atoms with Crippen LogP contribution in [0.3, 0.4) is 0 Å². The average molecular weight is 272 g/mol. The molecular weight excluding hydrogens is 263 g/mol. The number of allylic oxidation sites excluding steroid dienone is 2. The molecule has 0 aromatic carbocycles. The molecule has 1 aliphatic rings. The van der Waals surface area contributed by atoms with Crippen LogP contribution in [0.25, 0.3) is 0 Å². The second-order valence-electron chi connectivity index (χ2n) is 3.39. The van der Waals surface area contributed by atoms with Gasteiger partial charge in [-0.05, 0) is 12.8 Å². The first kappa shape index (κ1) is 13.4. The second kappa shape index (κ2) is 5.14. The van der Waals surface area contributed by atoms with E-state index in [0.717, 1.165) is 0 Å². The number of nitrogens with one attached hydrogen (secondary N) is 1. The molecule has 0 bridgehead atoms. The summed E-state index contributed by atoms with van der Waals surface area (Å²) in [5, 5.41) is 8.70. The molecule has 0 aromatic heterocycles. The molecule has 1 atom stereocenters. The normalized spacial score (nSPS) is 21.9. The minimum atomic E-state index is -4.71. The number of hydrogen-bond donors (Lipinski definition) is 1. The summed E-state index contributed by atoms with van der Waals surface area (Å²) in [6.45, 7) is 0. The summed E-state index contributed by atoms with van der Waals surface area (Å²) in [6, 6.07) is 0. The van der Waals surface area contributed by atoms with Crippen LogP contribution in [0.1, 0.15) is 19.3 Å². The summed E-state index contributed by atoms with van der Waals surface area (Å²) in [7, 11) is 0. The van der Waals surface area contributed by atoms with Crippen molar-refractivity contribution in [3.8, 4) is 0 Å². The third kappa shape index (κ3) is 3.75. The predicted molar refractivity (Wildman–Crippen MR) is 58.7 cm³/mol. The van der Waals surface area contributed by atoms with E-state index in [0.29, 0.717) is 6.42 Å². The molecule has 16 heavy (non-hydrogen) atoms. The summed E-state index contributed by atoms with van der Waals surface area (Å²) in [5.74, 6) is -0.451. The van der Waals surface area contributed by atoms with Crippen molar-refractivity contribution < 1.29 is 17.9 Å². The van der Waals surface area contributed by atoms with E-state index in [1.807, 2.05) is 0 Å². The van der Waals surface area contributed by atoms with Gasteiger partial charge in [0.05, 0.1) is 5.03 Å². The first-order chi connectivity index (χ1) is 7.33. The zero-order valence-electron chi connectivity index (χ0n) is 8.10. The van der Waals surface area contributed by atoms with E-state index in [1.165, 1.54) is 5.37 Å². The van der Waals surface area contributed by atoms with E-state index < -0.39 is 6.36 Å². The van der Waals surface area contributed by atoms with Gasteiger partial charge in [-0.2, -0.15) is 0 Å². The lowest BCUT2D eigenvalue weighted by Gasteiger charge is -2.24. The SMILES string of the molecule is N=C(C=S)C1CCC(OC(F)(F)F)=C(Cl)C1. The van der Waals surface area contributed by atoms with Crippen molar-refractivity contribution in [2.45, 2.75) is 25.6 Å². The molecule has 1 N–H and O–H groups in total. The highest BCUT2D eigenvalue weighted by molar-refractivity contribution is 7.80. The molecule has 0 amide bonds. The number of alkyl halides is 3. The fourth-order valence-corrected chi connectivity index (χ4v) is 1.99. The molecule has 2 nitrogen and oxygen atoms in total. The van der Waals surface area contributed by atoms with Gasteiger partial charge in [0.15, 0.2) is 0 Å². The van der Waals surface area contributed by atoms with Crippen molar-refractivity contribution in [2.75, 3.05) is 0 Å². The van der Waals surface area contributed by atoms with E-state index in [4.69, 9.17) is 17.0 Å². The molecule has 0 saturated carbocycles. The van der Waals surface area contributed by atoms with Gasteiger partial charge in [-0.25, -0.2) is 0 Å². The predicted octanol–water partition coefficient (Wildman–Crippen LogP) is 3.79. The Balaban J connectivity index is 2.70. The molecule has 1 rings (SSSR count). The molecule has 1 unspecified atom stereocenters. The number of thiocarbonyl (C=S) groups is 1. The highest BCUT2D eigenvalue weighted by Gasteiger charge is 2.35. The van der Waals surface area contributed by atoms with E-state index in [-0.39, 0.29) is 35.3 Å². The number of halogens is 4. The molecule has 0 aromatic rings. The Hall–Kier alpha value is -0.620. The van der Waals surface area contributed by atoms with E-state index >= 15 is 0 Å². The van der Waals surface area contributed by atoms with Crippen LogP contribution in [-0.4, -0.2) is 17.4 Å². The van der Waals surface area contributed by atoms with Gasteiger partial charge in [0.1, 0.15) is 5.76 Å². The Morgan fingerprint density at radius 1 is 1.56 bits per heavy atom. The van der Waals surface area contributed by atoms with Gasteiger partial charge in [0, 0.05) is 23.4 Å². The first-order valence-electron chi connectivity index (χ1n) is 4.50. The van der Waals surface area contributed by atoms with Gasteiger partial charge in [0.2, 0.25) is 0 Å². The number of ether oxygens (including phenoxy) is 1. The Bertz CT molecular complexity index is 340. The Kier molecular flexibility index (Phi) is 4.32. The lowest BCUT2D eigenvalue weighted by molar-refractivity contribution is -0.307. The quantitative estimate of drug-likeness (QED) is 0.626. The maximum absolute atomic E-state index is 12.0.